The molecule has 2 aliphatic rings. The monoisotopic (exact) mass is 266 g/mol. The van der Waals surface area contributed by atoms with Crippen molar-refractivity contribution in [3.8, 4) is 0 Å². The topological polar surface area (TPSA) is 49.7 Å². The standard InChI is InChI=1S/C16H26O3/c17-15-5-1-13(2-6-15)9-11-19-12-10-14-3-7-16(18)8-4-14/h9-18H,1-8H2. The van der Waals surface area contributed by atoms with E-state index in [1.54, 1.807) is 12.5 Å². The minimum atomic E-state index is -0.0906. The van der Waals surface area contributed by atoms with E-state index >= 15 is 0 Å². The number of rotatable bonds is 4. The van der Waals surface area contributed by atoms with E-state index in [9.17, 15) is 10.2 Å². The molecule has 2 fully saturated rings. The Morgan fingerprint density at radius 3 is 1.37 bits per heavy atom. The molecule has 0 spiro atoms. The van der Waals surface area contributed by atoms with Crippen LogP contribution in [0.3, 0.4) is 0 Å². The fourth-order valence-corrected chi connectivity index (χ4v) is 2.95. The smallest absolute Gasteiger partial charge is 0.0864 e. The van der Waals surface area contributed by atoms with Crippen LogP contribution in [0.15, 0.2) is 24.7 Å². The molecule has 0 aromatic heterocycles. The summed E-state index contributed by atoms with van der Waals surface area (Å²) in [6.07, 6.45) is 15.5. The fraction of sp³-hybridized carbons (Fsp3) is 0.750. The molecule has 0 aliphatic heterocycles. The van der Waals surface area contributed by atoms with Crippen LogP contribution in [0.1, 0.15) is 51.4 Å². The Labute approximate surface area is 116 Å². The molecule has 3 heteroatoms. The quantitative estimate of drug-likeness (QED) is 0.769. The molecule has 2 N–H and O–H groups in total. The van der Waals surface area contributed by atoms with E-state index in [2.05, 4.69) is 12.2 Å². The Kier molecular flexibility index (Phi) is 5.93. The number of ether oxygens (including phenoxy) is 1. The van der Waals surface area contributed by atoms with Gasteiger partial charge in [0.1, 0.15) is 0 Å². The minimum absolute atomic E-state index is 0.0906. The zero-order chi connectivity index (χ0) is 13.5. The maximum atomic E-state index is 9.42. The highest BCUT2D eigenvalue weighted by Crippen LogP contribution is 2.26. The van der Waals surface area contributed by atoms with Gasteiger partial charge in [0.05, 0.1) is 24.7 Å². The molecule has 0 heterocycles. The Bertz CT molecular complexity index is 265. The highest BCUT2D eigenvalue weighted by Gasteiger charge is 2.17. The lowest BCUT2D eigenvalue weighted by atomic mass is 9.87. The van der Waals surface area contributed by atoms with Gasteiger partial charge in [-0.2, -0.15) is 0 Å². The normalized spacial score (nSPS) is 36.9. The van der Waals surface area contributed by atoms with Crippen molar-refractivity contribution < 1.29 is 14.9 Å². The molecule has 0 atom stereocenters. The van der Waals surface area contributed by atoms with Gasteiger partial charge in [-0.15, -0.1) is 0 Å². The Hall–Kier alpha value is -0.800. The summed E-state index contributed by atoms with van der Waals surface area (Å²) in [6.45, 7) is 0. The largest absolute Gasteiger partial charge is 0.473 e. The second kappa shape index (κ2) is 7.71. The Morgan fingerprint density at radius 2 is 1.00 bits per heavy atom. The third-order valence-electron chi connectivity index (χ3n) is 4.34. The van der Waals surface area contributed by atoms with Crippen LogP contribution in [0, 0.1) is 11.8 Å². The summed E-state index contributed by atoms with van der Waals surface area (Å²) >= 11 is 0. The minimum Gasteiger partial charge on any atom is -0.473 e. The predicted molar refractivity (Wildman–Crippen MR) is 75.3 cm³/mol. The second-order valence-electron chi connectivity index (χ2n) is 5.93. The van der Waals surface area contributed by atoms with E-state index in [4.69, 9.17) is 4.74 Å². The summed E-state index contributed by atoms with van der Waals surface area (Å²) in [5.41, 5.74) is 0. The van der Waals surface area contributed by atoms with E-state index in [1.165, 1.54) is 0 Å². The number of aliphatic hydroxyl groups is 2. The van der Waals surface area contributed by atoms with Gasteiger partial charge in [0, 0.05) is 0 Å². The van der Waals surface area contributed by atoms with Crippen molar-refractivity contribution in [2.24, 2.45) is 11.8 Å². The molecule has 19 heavy (non-hydrogen) atoms. The molecule has 0 amide bonds. The van der Waals surface area contributed by atoms with Crippen molar-refractivity contribution in [1.29, 1.82) is 0 Å². The molecule has 0 unspecified atom stereocenters. The fourth-order valence-electron chi connectivity index (χ4n) is 2.95. The maximum Gasteiger partial charge on any atom is 0.0864 e. The average molecular weight is 266 g/mol. The summed E-state index contributed by atoms with van der Waals surface area (Å²) in [5, 5.41) is 18.8. The molecule has 108 valence electrons. The molecule has 0 bridgehead atoms. The first-order valence-corrected chi connectivity index (χ1v) is 7.59. The van der Waals surface area contributed by atoms with Crippen LogP contribution in [-0.4, -0.2) is 22.4 Å². The van der Waals surface area contributed by atoms with Gasteiger partial charge >= 0.3 is 0 Å². The zero-order valence-electron chi connectivity index (χ0n) is 11.6. The molecule has 0 saturated heterocycles. The third-order valence-corrected chi connectivity index (χ3v) is 4.34. The van der Waals surface area contributed by atoms with Crippen LogP contribution in [0.2, 0.25) is 0 Å². The lowest BCUT2D eigenvalue weighted by molar-refractivity contribution is 0.117. The lowest BCUT2D eigenvalue weighted by Gasteiger charge is -2.22. The van der Waals surface area contributed by atoms with E-state index in [0.717, 1.165) is 51.4 Å². The first-order valence-electron chi connectivity index (χ1n) is 7.59. The van der Waals surface area contributed by atoms with Gasteiger partial charge in [0.15, 0.2) is 0 Å². The van der Waals surface area contributed by atoms with E-state index < -0.39 is 0 Å². The summed E-state index contributed by atoms with van der Waals surface area (Å²) < 4.78 is 5.41. The Morgan fingerprint density at radius 1 is 0.632 bits per heavy atom. The van der Waals surface area contributed by atoms with Crippen LogP contribution in [0.25, 0.3) is 0 Å². The van der Waals surface area contributed by atoms with Crippen LogP contribution in [0.5, 0.6) is 0 Å². The molecule has 2 aliphatic carbocycles. The van der Waals surface area contributed by atoms with Crippen molar-refractivity contribution in [3.63, 3.8) is 0 Å². The molecular formula is C16H26O3. The van der Waals surface area contributed by atoms with Crippen molar-refractivity contribution >= 4 is 0 Å². The summed E-state index contributed by atoms with van der Waals surface area (Å²) in [5.74, 6) is 1.11. The van der Waals surface area contributed by atoms with Crippen LogP contribution >= 0.6 is 0 Å². The maximum absolute atomic E-state index is 9.42. The highest BCUT2D eigenvalue weighted by atomic mass is 16.5. The molecule has 0 aromatic carbocycles. The molecule has 2 saturated carbocycles. The molecule has 0 radical (unpaired) electrons. The Balaban J connectivity index is 1.60. The second-order valence-corrected chi connectivity index (χ2v) is 5.93. The van der Waals surface area contributed by atoms with Crippen molar-refractivity contribution in [3.05, 3.63) is 24.7 Å². The van der Waals surface area contributed by atoms with Crippen molar-refractivity contribution in [2.45, 2.75) is 63.6 Å². The third kappa shape index (κ3) is 5.37. The first kappa shape index (κ1) is 14.6. The molecule has 3 nitrogen and oxygen atoms in total. The summed E-state index contributed by atoms with van der Waals surface area (Å²) in [6, 6.07) is 0. The van der Waals surface area contributed by atoms with Gasteiger partial charge in [-0.3, -0.25) is 0 Å². The van der Waals surface area contributed by atoms with Gasteiger partial charge in [-0.25, -0.2) is 0 Å². The number of aliphatic hydroxyl groups excluding tert-OH is 2. The zero-order valence-corrected chi connectivity index (χ0v) is 11.6. The number of hydrogen-bond donors (Lipinski definition) is 2. The highest BCUT2D eigenvalue weighted by molar-refractivity contribution is 4.91. The van der Waals surface area contributed by atoms with Crippen molar-refractivity contribution in [2.75, 3.05) is 0 Å². The molecular weight excluding hydrogens is 240 g/mol. The summed E-state index contributed by atoms with van der Waals surface area (Å²) in [7, 11) is 0. The van der Waals surface area contributed by atoms with Gasteiger partial charge < -0.3 is 14.9 Å². The van der Waals surface area contributed by atoms with Gasteiger partial charge in [0.2, 0.25) is 0 Å². The van der Waals surface area contributed by atoms with Gasteiger partial charge in [-0.05, 0) is 75.4 Å². The first-order chi connectivity index (χ1) is 9.24. The van der Waals surface area contributed by atoms with E-state index in [0.29, 0.717) is 11.8 Å². The molecule has 0 aromatic rings. The predicted octanol–water partition coefficient (Wildman–Crippen LogP) is 3.13. The van der Waals surface area contributed by atoms with Gasteiger partial charge in [0.25, 0.3) is 0 Å². The number of allylic oxidation sites excluding steroid dienone is 2. The van der Waals surface area contributed by atoms with E-state index in [-0.39, 0.29) is 12.2 Å². The number of hydrogen-bond acceptors (Lipinski definition) is 3. The van der Waals surface area contributed by atoms with Crippen LogP contribution < -0.4 is 0 Å². The average Bonchev–Trinajstić information content (AvgIpc) is 2.43. The molecule has 2 rings (SSSR count). The van der Waals surface area contributed by atoms with E-state index in [1.807, 2.05) is 0 Å². The van der Waals surface area contributed by atoms with Gasteiger partial charge in [-0.1, -0.05) is 0 Å². The van der Waals surface area contributed by atoms with Crippen LogP contribution in [0.4, 0.5) is 0 Å². The van der Waals surface area contributed by atoms with Crippen molar-refractivity contribution in [1.82, 2.24) is 0 Å². The van der Waals surface area contributed by atoms with Crippen LogP contribution in [-0.2, 0) is 4.74 Å². The summed E-state index contributed by atoms with van der Waals surface area (Å²) in [4.78, 5) is 0. The SMILES string of the molecule is OC1CCC(C=COC=CC2CCC(O)CC2)CC1. The lowest BCUT2D eigenvalue weighted by Crippen LogP contribution is -2.16.